The van der Waals surface area contributed by atoms with Crippen LogP contribution < -0.4 is 4.74 Å². The molecule has 1 N–H and O–H groups in total. The van der Waals surface area contributed by atoms with E-state index in [9.17, 15) is 14.4 Å². The van der Waals surface area contributed by atoms with Gasteiger partial charge in [0.05, 0.1) is 6.61 Å². The van der Waals surface area contributed by atoms with Crippen LogP contribution in [0.15, 0.2) is 48.5 Å². The highest BCUT2D eigenvalue weighted by Crippen LogP contribution is 2.10. The van der Waals surface area contributed by atoms with E-state index < -0.39 is 5.97 Å². The Morgan fingerprint density at radius 2 is 1.46 bits per heavy atom. The first-order valence-corrected chi connectivity index (χ1v) is 7.17. The van der Waals surface area contributed by atoms with Gasteiger partial charge in [0.25, 0.3) is 0 Å². The third-order valence-corrected chi connectivity index (χ3v) is 2.71. The summed E-state index contributed by atoms with van der Waals surface area (Å²) >= 11 is 0. The van der Waals surface area contributed by atoms with Gasteiger partial charge < -0.3 is 14.6 Å². The van der Waals surface area contributed by atoms with E-state index in [0.717, 1.165) is 12.6 Å². The maximum Gasteiger partial charge on any atom is 0.344 e. The van der Waals surface area contributed by atoms with Crippen molar-refractivity contribution in [3.63, 3.8) is 0 Å². The Morgan fingerprint density at radius 3 is 1.92 bits per heavy atom. The molecule has 0 atom stereocenters. The number of aldehydes is 2. The molecule has 24 heavy (non-hydrogen) atoms. The monoisotopic (exact) mass is 330 g/mol. The molecule has 2 rings (SSSR count). The van der Waals surface area contributed by atoms with Crippen LogP contribution in [0.5, 0.6) is 11.5 Å². The molecule has 126 valence electrons. The minimum absolute atomic E-state index is 0.117. The Hall–Kier alpha value is -3.15. The Labute approximate surface area is 139 Å². The lowest BCUT2D eigenvalue weighted by Crippen LogP contribution is -2.14. The average Bonchev–Trinajstić information content (AvgIpc) is 2.62. The Morgan fingerprint density at radius 1 is 0.958 bits per heavy atom. The van der Waals surface area contributed by atoms with Crippen molar-refractivity contribution in [3.05, 3.63) is 59.7 Å². The molecule has 0 amide bonds. The SMILES string of the molecule is CCOC(=O)COc1ccc(C=O)cc1.O=Cc1ccc(O)cc1. The van der Waals surface area contributed by atoms with Gasteiger partial charge >= 0.3 is 5.97 Å². The van der Waals surface area contributed by atoms with E-state index in [-0.39, 0.29) is 12.4 Å². The molecular weight excluding hydrogens is 312 g/mol. The summed E-state index contributed by atoms with van der Waals surface area (Å²) in [4.78, 5) is 31.3. The molecule has 2 aromatic carbocycles. The molecule has 0 aliphatic carbocycles. The lowest BCUT2D eigenvalue weighted by Gasteiger charge is -2.05. The zero-order valence-electron chi connectivity index (χ0n) is 13.2. The fourth-order valence-corrected chi connectivity index (χ4v) is 1.54. The fraction of sp³-hybridized carbons (Fsp3) is 0.167. The molecule has 6 heteroatoms. The highest BCUT2D eigenvalue weighted by atomic mass is 16.6. The van der Waals surface area contributed by atoms with Crippen LogP contribution in [0, 0.1) is 0 Å². The third kappa shape index (κ3) is 7.22. The molecule has 0 aliphatic rings. The van der Waals surface area contributed by atoms with Crippen molar-refractivity contribution in [1.82, 2.24) is 0 Å². The van der Waals surface area contributed by atoms with Crippen LogP contribution in [0.2, 0.25) is 0 Å². The van der Waals surface area contributed by atoms with Gasteiger partial charge in [0.1, 0.15) is 24.1 Å². The first-order valence-electron chi connectivity index (χ1n) is 7.17. The predicted molar refractivity (Wildman–Crippen MR) is 87.5 cm³/mol. The topological polar surface area (TPSA) is 89.9 Å². The first-order chi connectivity index (χ1) is 11.6. The number of phenols is 1. The number of aromatic hydroxyl groups is 1. The Balaban J connectivity index is 0.000000272. The molecule has 0 aliphatic heterocycles. The van der Waals surface area contributed by atoms with Gasteiger partial charge in [-0.2, -0.15) is 0 Å². The average molecular weight is 330 g/mol. The number of carbonyl (C=O) groups is 3. The van der Waals surface area contributed by atoms with E-state index in [2.05, 4.69) is 4.74 Å². The van der Waals surface area contributed by atoms with Crippen molar-refractivity contribution in [3.8, 4) is 11.5 Å². The van der Waals surface area contributed by atoms with Gasteiger partial charge in [0.2, 0.25) is 0 Å². The van der Waals surface area contributed by atoms with Crippen LogP contribution in [0.25, 0.3) is 0 Å². The van der Waals surface area contributed by atoms with Crippen LogP contribution in [0.4, 0.5) is 0 Å². The second-order valence-corrected chi connectivity index (χ2v) is 4.49. The number of esters is 1. The summed E-state index contributed by atoms with van der Waals surface area (Å²) in [7, 11) is 0. The summed E-state index contributed by atoms with van der Waals surface area (Å²) in [6.45, 7) is 1.96. The lowest BCUT2D eigenvalue weighted by atomic mass is 10.2. The van der Waals surface area contributed by atoms with E-state index in [1.807, 2.05) is 0 Å². The zero-order valence-corrected chi connectivity index (χ0v) is 13.2. The quantitative estimate of drug-likeness (QED) is 0.647. The molecular formula is C18H18O6. The van der Waals surface area contributed by atoms with Crippen molar-refractivity contribution >= 4 is 18.5 Å². The molecule has 0 unspecified atom stereocenters. The van der Waals surface area contributed by atoms with Crippen LogP contribution in [0.1, 0.15) is 27.6 Å². The summed E-state index contributed by atoms with van der Waals surface area (Å²) < 4.78 is 9.82. The number of benzene rings is 2. The second kappa shape index (κ2) is 10.6. The fourth-order valence-electron chi connectivity index (χ4n) is 1.54. The van der Waals surface area contributed by atoms with E-state index in [0.29, 0.717) is 23.5 Å². The van der Waals surface area contributed by atoms with Crippen LogP contribution >= 0.6 is 0 Å². The number of hydrogen-bond donors (Lipinski definition) is 1. The standard InChI is InChI=1S/C11H12O4.C7H6O2/c1-2-14-11(13)8-15-10-5-3-9(7-12)4-6-10;8-5-6-1-3-7(9)4-2-6/h3-7H,2,8H2,1H3;1-5,9H. The molecule has 0 saturated carbocycles. The molecule has 0 heterocycles. The van der Waals surface area contributed by atoms with Crippen molar-refractivity contribution in [1.29, 1.82) is 0 Å². The molecule has 0 aromatic heterocycles. The van der Waals surface area contributed by atoms with Gasteiger partial charge in [-0.15, -0.1) is 0 Å². The van der Waals surface area contributed by atoms with E-state index in [4.69, 9.17) is 9.84 Å². The molecule has 0 spiro atoms. The number of hydrogen-bond acceptors (Lipinski definition) is 6. The molecule has 6 nitrogen and oxygen atoms in total. The summed E-state index contributed by atoms with van der Waals surface area (Å²) in [5, 5.41) is 8.74. The summed E-state index contributed by atoms with van der Waals surface area (Å²) in [6.07, 6.45) is 1.48. The van der Waals surface area contributed by atoms with Gasteiger partial charge in [-0.3, -0.25) is 9.59 Å². The van der Waals surface area contributed by atoms with Crippen molar-refractivity contribution in [2.75, 3.05) is 13.2 Å². The van der Waals surface area contributed by atoms with Crippen LogP contribution in [-0.4, -0.2) is 36.9 Å². The number of ether oxygens (including phenoxy) is 2. The van der Waals surface area contributed by atoms with Gasteiger partial charge in [-0.25, -0.2) is 4.79 Å². The van der Waals surface area contributed by atoms with Crippen LogP contribution in [0.3, 0.4) is 0 Å². The molecule has 0 radical (unpaired) electrons. The first kappa shape index (κ1) is 18.9. The van der Waals surface area contributed by atoms with E-state index in [1.165, 1.54) is 12.1 Å². The van der Waals surface area contributed by atoms with Gasteiger partial charge in [0, 0.05) is 11.1 Å². The highest BCUT2D eigenvalue weighted by Gasteiger charge is 2.02. The lowest BCUT2D eigenvalue weighted by molar-refractivity contribution is -0.145. The maximum absolute atomic E-state index is 10.9. The van der Waals surface area contributed by atoms with E-state index >= 15 is 0 Å². The summed E-state index contributed by atoms with van der Waals surface area (Å²) in [6, 6.07) is 12.6. The Kier molecular flexibility index (Phi) is 8.31. The third-order valence-electron chi connectivity index (χ3n) is 2.71. The zero-order chi connectivity index (χ0) is 17.8. The number of phenolic OH excluding ortho intramolecular Hbond substituents is 1. The largest absolute Gasteiger partial charge is 0.508 e. The van der Waals surface area contributed by atoms with Gasteiger partial charge in [0.15, 0.2) is 6.61 Å². The van der Waals surface area contributed by atoms with Crippen molar-refractivity contribution < 1.29 is 29.0 Å². The highest BCUT2D eigenvalue weighted by molar-refractivity contribution is 5.75. The normalized spacial score (nSPS) is 9.21. The van der Waals surface area contributed by atoms with Crippen molar-refractivity contribution in [2.24, 2.45) is 0 Å². The van der Waals surface area contributed by atoms with E-state index in [1.54, 1.807) is 43.3 Å². The minimum atomic E-state index is -0.406. The summed E-state index contributed by atoms with van der Waals surface area (Å²) in [5.41, 5.74) is 1.14. The molecule has 0 saturated heterocycles. The van der Waals surface area contributed by atoms with Gasteiger partial charge in [-0.1, -0.05) is 0 Å². The van der Waals surface area contributed by atoms with Crippen molar-refractivity contribution in [2.45, 2.75) is 6.92 Å². The minimum Gasteiger partial charge on any atom is -0.508 e. The molecule has 2 aromatic rings. The maximum atomic E-state index is 10.9. The van der Waals surface area contributed by atoms with Crippen LogP contribution in [-0.2, 0) is 9.53 Å². The number of carbonyl (C=O) groups excluding carboxylic acids is 3. The number of rotatable bonds is 6. The molecule has 0 bridgehead atoms. The second-order valence-electron chi connectivity index (χ2n) is 4.49. The Bertz CT molecular complexity index is 646. The predicted octanol–water partition coefficient (Wildman–Crippen LogP) is 2.65. The molecule has 0 fully saturated rings. The smallest absolute Gasteiger partial charge is 0.344 e. The summed E-state index contributed by atoms with van der Waals surface area (Å²) in [5.74, 6) is 0.311. The van der Waals surface area contributed by atoms with Gasteiger partial charge in [-0.05, 0) is 55.5 Å².